The van der Waals surface area contributed by atoms with Crippen molar-refractivity contribution in [1.82, 2.24) is 0 Å². The highest BCUT2D eigenvalue weighted by molar-refractivity contribution is 8.00. The van der Waals surface area contributed by atoms with Crippen LogP contribution in [0.5, 0.6) is 0 Å². The Kier molecular flexibility index (Phi) is 7.41. The summed E-state index contributed by atoms with van der Waals surface area (Å²) in [5.41, 5.74) is 2.80. The summed E-state index contributed by atoms with van der Waals surface area (Å²) in [6, 6.07) is 38.8. The van der Waals surface area contributed by atoms with Gasteiger partial charge in [0.05, 0.1) is 0 Å². The highest BCUT2D eigenvalue weighted by Gasteiger charge is 2.11. The lowest BCUT2D eigenvalue weighted by atomic mass is 10.1. The summed E-state index contributed by atoms with van der Waals surface area (Å²) >= 11 is 5.69. The number of hydrogen-bond donors (Lipinski definition) is 0. The van der Waals surface area contributed by atoms with E-state index < -0.39 is 0 Å². The van der Waals surface area contributed by atoms with E-state index in [0.29, 0.717) is 0 Å². The zero-order valence-electron chi connectivity index (χ0n) is 16.0. The number of hydrogen-bond acceptors (Lipinski definition) is 3. The van der Waals surface area contributed by atoms with E-state index in [1.807, 2.05) is 35.3 Å². The molecule has 0 fully saturated rings. The third-order valence-corrected chi connectivity index (χ3v) is 7.77. The largest absolute Gasteiger partial charge is 0.121 e. The van der Waals surface area contributed by atoms with E-state index in [4.69, 9.17) is 0 Å². The van der Waals surface area contributed by atoms with E-state index in [0.717, 1.165) is 11.5 Å². The van der Waals surface area contributed by atoms with Gasteiger partial charge in [-0.3, -0.25) is 0 Å². The minimum atomic E-state index is 0.975. The Bertz CT molecular complexity index is 954. The molecule has 0 saturated carbocycles. The van der Waals surface area contributed by atoms with Gasteiger partial charge in [-0.2, -0.15) is 0 Å². The van der Waals surface area contributed by atoms with Gasteiger partial charge in [-0.15, -0.1) is 23.5 Å². The first-order chi connectivity index (χ1) is 14.4. The van der Waals surface area contributed by atoms with Crippen LogP contribution < -0.4 is 0 Å². The summed E-state index contributed by atoms with van der Waals surface area (Å²) < 4.78 is 0. The molecule has 0 nitrogen and oxygen atoms in total. The first-order valence-electron chi connectivity index (χ1n) is 9.58. The van der Waals surface area contributed by atoms with Gasteiger partial charge in [-0.1, -0.05) is 84.6 Å². The van der Waals surface area contributed by atoms with Crippen LogP contribution in [0.4, 0.5) is 0 Å². The van der Waals surface area contributed by atoms with Crippen molar-refractivity contribution in [2.24, 2.45) is 0 Å². The van der Waals surface area contributed by atoms with Gasteiger partial charge in [0, 0.05) is 31.1 Å². The summed E-state index contributed by atoms with van der Waals surface area (Å²) in [6.45, 7) is 0. The van der Waals surface area contributed by atoms with Gasteiger partial charge >= 0.3 is 0 Å². The minimum absolute atomic E-state index is 0.975. The minimum Gasteiger partial charge on any atom is -0.121 e. The van der Waals surface area contributed by atoms with Crippen LogP contribution >= 0.6 is 35.3 Å². The van der Waals surface area contributed by atoms with Gasteiger partial charge < -0.3 is 0 Å². The van der Waals surface area contributed by atoms with E-state index >= 15 is 0 Å². The van der Waals surface area contributed by atoms with Crippen molar-refractivity contribution in [3.05, 3.63) is 120 Å². The van der Waals surface area contributed by atoms with Crippen LogP contribution in [-0.2, 0) is 11.5 Å². The molecule has 0 amide bonds. The zero-order chi connectivity index (χ0) is 19.7. The molecular formula is C26H22S3. The Hall–Kier alpha value is -2.07. The average molecular weight is 431 g/mol. The lowest BCUT2D eigenvalue weighted by Crippen LogP contribution is -1.93. The molecule has 0 bridgehead atoms. The SMILES string of the molecule is c1ccc(SCc2cccc(CSc3ccccc3)c2Sc2ccccc2)cc1. The molecule has 0 unspecified atom stereocenters. The second-order valence-electron chi connectivity index (χ2n) is 6.52. The Morgan fingerprint density at radius 1 is 0.414 bits per heavy atom. The molecule has 4 aromatic carbocycles. The lowest BCUT2D eigenvalue weighted by molar-refractivity contribution is 1.17. The van der Waals surface area contributed by atoms with Gasteiger partial charge in [0.2, 0.25) is 0 Å². The predicted octanol–water partition coefficient (Wildman–Crippen LogP) is 8.42. The maximum atomic E-state index is 2.28. The maximum absolute atomic E-state index is 2.28. The summed E-state index contributed by atoms with van der Waals surface area (Å²) in [6.07, 6.45) is 0. The summed E-state index contributed by atoms with van der Waals surface area (Å²) in [5.74, 6) is 1.95. The Labute approximate surface area is 186 Å². The molecule has 0 N–H and O–H groups in total. The molecule has 0 radical (unpaired) electrons. The maximum Gasteiger partial charge on any atom is 0.0243 e. The van der Waals surface area contributed by atoms with E-state index in [1.165, 1.54) is 30.7 Å². The van der Waals surface area contributed by atoms with Crippen molar-refractivity contribution >= 4 is 35.3 Å². The van der Waals surface area contributed by atoms with Crippen molar-refractivity contribution in [3.8, 4) is 0 Å². The van der Waals surface area contributed by atoms with Gasteiger partial charge in [0.1, 0.15) is 0 Å². The van der Waals surface area contributed by atoms with Gasteiger partial charge in [0.15, 0.2) is 0 Å². The van der Waals surface area contributed by atoms with Gasteiger partial charge in [-0.05, 0) is 47.5 Å². The molecule has 0 aliphatic heterocycles. The Balaban J connectivity index is 1.58. The predicted molar refractivity (Wildman–Crippen MR) is 129 cm³/mol. The van der Waals surface area contributed by atoms with E-state index in [1.54, 1.807) is 0 Å². The van der Waals surface area contributed by atoms with Gasteiger partial charge in [0.25, 0.3) is 0 Å². The third kappa shape index (κ3) is 5.96. The van der Waals surface area contributed by atoms with Crippen molar-refractivity contribution < 1.29 is 0 Å². The average Bonchev–Trinajstić information content (AvgIpc) is 2.79. The Morgan fingerprint density at radius 2 is 0.828 bits per heavy atom. The normalized spacial score (nSPS) is 10.8. The van der Waals surface area contributed by atoms with Crippen molar-refractivity contribution in [2.75, 3.05) is 0 Å². The van der Waals surface area contributed by atoms with Crippen molar-refractivity contribution in [1.29, 1.82) is 0 Å². The molecule has 4 aromatic rings. The monoisotopic (exact) mass is 430 g/mol. The smallest absolute Gasteiger partial charge is 0.0243 e. The molecule has 0 heterocycles. The van der Waals surface area contributed by atoms with Gasteiger partial charge in [-0.25, -0.2) is 0 Å². The second-order valence-corrected chi connectivity index (χ2v) is 9.71. The molecule has 29 heavy (non-hydrogen) atoms. The molecule has 0 atom stereocenters. The fraction of sp³-hybridized carbons (Fsp3) is 0.0769. The fourth-order valence-corrected chi connectivity index (χ4v) is 6.04. The van der Waals surface area contributed by atoms with Crippen LogP contribution in [0.1, 0.15) is 11.1 Å². The molecule has 0 aliphatic rings. The summed E-state index contributed by atoms with van der Waals surface area (Å²) in [4.78, 5) is 5.31. The van der Waals surface area contributed by atoms with E-state index in [-0.39, 0.29) is 0 Å². The number of thioether (sulfide) groups is 2. The van der Waals surface area contributed by atoms with Crippen molar-refractivity contribution in [3.63, 3.8) is 0 Å². The van der Waals surface area contributed by atoms with Crippen LogP contribution in [0.2, 0.25) is 0 Å². The molecule has 0 saturated heterocycles. The summed E-state index contributed by atoms with van der Waals surface area (Å²) in [7, 11) is 0. The molecule has 144 valence electrons. The van der Waals surface area contributed by atoms with Crippen LogP contribution in [0, 0.1) is 0 Å². The van der Waals surface area contributed by atoms with E-state index in [2.05, 4.69) is 109 Å². The van der Waals surface area contributed by atoms with Crippen LogP contribution in [-0.4, -0.2) is 0 Å². The number of benzene rings is 4. The first kappa shape index (κ1) is 20.2. The zero-order valence-corrected chi connectivity index (χ0v) is 18.5. The molecule has 3 heteroatoms. The van der Waals surface area contributed by atoms with Crippen LogP contribution in [0.15, 0.2) is 129 Å². The van der Waals surface area contributed by atoms with Crippen molar-refractivity contribution in [2.45, 2.75) is 31.1 Å². The quantitative estimate of drug-likeness (QED) is 0.257. The second kappa shape index (κ2) is 10.6. The topological polar surface area (TPSA) is 0 Å². The Morgan fingerprint density at radius 3 is 1.28 bits per heavy atom. The highest BCUT2D eigenvalue weighted by Crippen LogP contribution is 2.38. The van der Waals surface area contributed by atoms with E-state index in [9.17, 15) is 0 Å². The molecular weight excluding hydrogens is 408 g/mol. The molecule has 0 spiro atoms. The summed E-state index contributed by atoms with van der Waals surface area (Å²) in [5, 5.41) is 0. The number of rotatable bonds is 8. The van der Waals surface area contributed by atoms with Crippen LogP contribution in [0.25, 0.3) is 0 Å². The molecule has 0 aromatic heterocycles. The standard InChI is InChI=1S/C26H22S3/c1-4-13-23(14-5-1)27-19-21-11-10-12-22(20-28-24-15-6-2-7-16-24)26(21)29-25-17-8-3-9-18-25/h1-18H,19-20H2. The molecule has 0 aliphatic carbocycles. The van der Waals surface area contributed by atoms with Crippen LogP contribution in [0.3, 0.4) is 0 Å². The first-order valence-corrected chi connectivity index (χ1v) is 12.4. The lowest BCUT2D eigenvalue weighted by Gasteiger charge is -2.15. The fourth-order valence-electron chi connectivity index (χ4n) is 2.96. The molecule has 4 rings (SSSR count). The third-order valence-electron chi connectivity index (χ3n) is 4.42. The highest BCUT2D eigenvalue weighted by atomic mass is 32.2.